The molecule has 0 aromatic carbocycles. The Labute approximate surface area is 58.1 Å². The molecule has 1 heterocycles. The van der Waals surface area contributed by atoms with E-state index in [1.54, 1.807) is 6.08 Å². The summed E-state index contributed by atoms with van der Waals surface area (Å²) in [5, 5.41) is 11.0. The Hall–Kier alpha value is -1.07. The van der Waals surface area contributed by atoms with Crippen LogP contribution in [-0.4, -0.2) is 28.9 Å². The van der Waals surface area contributed by atoms with E-state index in [2.05, 4.69) is 5.32 Å². The molecule has 0 radical (unpaired) electrons. The highest BCUT2D eigenvalue weighted by Crippen LogP contribution is 1.98. The van der Waals surface area contributed by atoms with Gasteiger partial charge in [0.2, 0.25) is 0 Å². The van der Waals surface area contributed by atoms with E-state index in [9.17, 15) is 4.79 Å². The van der Waals surface area contributed by atoms with Crippen LogP contribution in [0.25, 0.3) is 0 Å². The lowest BCUT2D eigenvalue weighted by Crippen LogP contribution is -2.51. The predicted molar refractivity (Wildman–Crippen MR) is 34.6 cm³/mol. The van der Waals surface area contributed by atoms with Gasteiger partial charge in [0.1, 0.15) is 12.9 Å². The minimum atomic E-state index is -0.515. The van der Waals surface area contributed by atoms with Gasteiger partial charge < -0.3 is 16.2 Å². The van der Waals surface area contributed by atoms with Crippen molar-refractivity contribution >= 4 is 6.03 Å². The Balaban J connectivity index is 2.68. The average Bonchev–Trinajstić information content (AvgIpc) is 1.88. The Bertz CT molecular complexity index is 168. The third kappa shape index (κ3) is 1.09. The molecule has 1 aliphatic heterocycles. The molecular formula is C5H9N3O2. The van der Waals surface area contributed by atoms with Crippen LogP contribution in [0.3, 0.4) is 0 Å². The Morgan fingerprint density at radius 1 is 1.90 bits per heavy atom. The minimum Gasteiger partial charge on any atom is -0.376 e. The normalized spacial score (nSPS) is 24.8. The summed E-state index contributed by atoms with van der Waals surface area (Å²) in [6, 6.07) is -0.377. The van der Waals surface area contributed by atoms with Crippen LogP contribution < -0.4 is 11.1 Å². The summed E-state index contributed by atoms with van der Waals surface area (Å²) in [7, 11) is 0. The van der Waals surface area contributed by atoms with E-state index >= 15 is 0 Å². The third-order valence-corrected chi connectivity index (χ3v) is 1.27. The summed E-state index contributed by atoms with van der Waals surface area (Å²) in [5.41, 5.74) is 5.40. The molecule has 0 aromatic rings. The quantitative estimate of drug-likeness (QED) is 0.429. The van der Waals surface area contributed by atoms with Crippen molar-refractivity contribution in [2.24, 2.45) is 5.73 Å². The summed E-state index contributed by atoms with van der Waals surface area (Å²) < 4.78 is 0. The van der Waals surface area contributed by atoms with E-state index in [0.717, 1.165) is 4.90 Å². The van der Waals surface area contributed by atoms with Gasteiger partial charge in [-0.3, -0.25) is 4.90 Å². The van der Waals surface area contributed by atoms with Crippen molar-refractivity contribution in [1.82, 2.24) is 10.2 Å². The number of nitrogens with one attached hydrogen (secondary N) is 1. The number of aliphatic hydroxyl groups excluding tert-OH is 1. The molecule has 10 heavy (non-hydrogen) atoms. The molecule has 5 heteroatoms. The molecule has 0 fully saturated rings. The molecule has 0 spiro atoms. The number of aliphatic hydroxyl groups is 1. The Kier molecular flexibility index (Phi) is 1.88. The number of hydrogen-bond acceptors (Lipinski definition) is 3. The van der Waals surface area contributed by atoms with Crippen molar-refractivity contribution in [3.8, 4) is 0 Å². The second-order valence-corrected chi connectivity index (χ2v) is 1.91. The van der Waals surface area contributed by atoms with Gasteiger partial charge in [0.15, 0.2) is 0 Å². The molecular weight excluding hydrogens is 134 g/mol. The van der Waals surface area contributed by atoms with E-state index in [-0.39, 0.29) is 12.8 Å². The van der Waals surface area contributed by atoms with Gasteiger partial charge in [-0.25, -0.2) is 4.79 Å². The standard InChI is InChI=1S/C5H9N3O2/c6-4-1-2-7-5(10)8(4)3-9/h1-2,4,9H,3,6H2,(H,7,10). The number of carbonyl (C=O) groups excluding carboxylic acids is 1. The highest BCUT2D eigenvalue weighted by Gasteiger charge is 2.19. The lowest BCUT2D eigenvalue weighted by Gasteiger charge is -2.27. The number of nitrogens with zero attached hydrogens (tertiary/aromatic N) is 1. The van der Waals surface area contributed by atoms with Crippen molar-refractivity contribution in [3.63, 3.8) is 0 Å². The summed E-state index contributed by atoms with van der Waals surface area (Å²) in [5.74, 6) is 0. The van der Waals surface area contributed by atoms with Crippen molar-refractivity contribution in [1.29, 1.82) is 0 Å². The maximum atomic E-state index is 10.8. The largest absolute Gasteiger partial charge is 0.376 e. The van der Waals surface area contributed by atoms with Gasteiger partial charge in [0, 0.05) is 6.20 Å². The maximum Gasteiger partial charge on any atom is 0.324 e. The van der Waals surface area contributed by atoms with Gasteiger partial charge in [-0.05, 0) is 6.08 Å². The molecule has 0 aromatic heterocycles. The van der Waals surface area contributed by atoms with E-state index < -0.39 is 6.17 Å². The van der Waals surface area contributed by atoms with Crippen LogP contribution in [0.4, 0.5) is 4.79 Å². The molecule has 2 amide bonds. The summed E-state index contributed by atoms with van der Waals surface area (Å²) in [4.78, 5) is 11.9. The van der Waals surface area contributed by atoms with Crippen LogP contribution in [0.2, 0.25) is 0 Å². The fourth-order valence-corrected chi connectivity index (χ4v) is 0.699. The number of hydrogen-bond donors (Lipinski definition) is 3. The molecule has 1 rings (SSSR count). The average molecular weight is 143 g/mol. The van der Waals surface area contributed by atoms with Gasteiger partial charge in [-0.2, -0.15) is 0 Å². The molecule has 5 nitrogen and oxygen atoms in total. The first-order valence-electron chi connectivity index (χ1n) is 2.86. The number of rotatable bonds is 1. The fourth-order valence-electron chi connectivity index (χ4n) is 0.699. The molecule has 4 N–H and O–H groups in total. The van der Waals surface area contributed by atoms with Gasteiger partial charge in [-0.1, -0.05) is 0 Å². The first-order valence-corrected chi connectivity index (χ1v) is 2.86. The summed E-state index contributed by atoms with van der Waals surface area (Å²) in [6.45, 7) is -0.364. The Morgan fingerprint density at radius 2 is 2.60 bits per heavy atom. The topological polar surface area (TPSA) is 78.6 Å². The zero-order valence-corrected chi connectivity index (χ0v) is 5.32. The SMILES string of the molecule is NC1C=CNC(=O)N1CO. The van der Waals surface area contributed by atoms with Crippen LogP contribution in [0, 0.1) is 0 Å². The number of urea groups is 1. The first-order chi connectivity index (χ1) is 4.75. The van der Waals surface area contributed by atoms with Gasteiger partial charge in [-0.15, -0.1) is 0 Å². The smallest absolute Gasteiger partial charge is 0.324 e. The highest BCUT2D eigenvalue weighted by atomic mass is 16.3. The molecule has 1 atom stereocenters. The fraction of sp³-hybridized carbons (Fsp3) is 0.400. The molecule has 0 aliphatic carbocycles. The van der Waals surface area contributed by atoms with Gasteiger partial charge in [0.05, 0.1) is 0 Å². The predicted octanol–water partition coefficient (Wildman–Crippen LogP) is -1.24. The summed E-state index contributed by atoms with van der Waals surface area (Å²) in [6.07, 6.45) is 2.52. The van der Waals surface area contributed by atoms with Gasteiger partial charge >= 0.3 is 6.03 Å². The first kappa shape index (κ1) is 7.04. The van der Waals surface area contributed by atoms with Crippen molar-refractivity contribution < 1.29 is 9.90 Å². The van der Waals surface area contributed by atoms with E-state index in [0.29, 0.717) is 0 Å². The van der Waals surface area contributed by atoms with E-state index in [4.69, 9.17) is 10.8 Å². The van der Waals surface area contributed by atoms with Crippen LogP contribution in [0.5, 0.6) is 0 Å². The van der Waals surface area contributed by atoms with Crippen LogP contribution >= 0.6 is 0 Å². The highest BCUT2D eigenvalue weighted by molar-refractivity contribution is 5.76. The lowest BCUT2D eigenvalue weighted by atomic mass is 10.4. The molecule has 1 aliphatic rings. The van der Waals surface area contributed by atoms with Gasteiger partial charge in [0.25, 0.3) is 0 Å². The number of carbonyl (C=O) groups is 1. The molecule has 56 valence electrons. The maximum absolute atomic E-state index is 10.8. The van der Waals surface area contributed by atoms with E-state index in [1.807, 2.05) is 0 Å². The van der Waals surface area contributed by atoms with Crippen molar-refractivity contribution in [2.45, 2.75) is 6.17 Å². The van der Waals surface area contributed by atoms with Crippen LogP contribution in [0.1, 0.15) is 0 Å². The van der Waals surface area contributed by atoms with E-state index in [1.165, 1.54) is 6.20 Å². The summed E-state index contributed by atoms with van der Waals surface area (Å²) >= 11 is 0. The Morgan fingerprint density at radius 3 is 3.00 bits per heavy atom. The zero-order valence-electron chi connectivity index (χ0n) is 5.32. The minimum absolute atomic E-state index is 0.364. The lowest BCUT2D eigenvalue weighted by molar-refractivity contribution is 0.105. The number of amides is 2. The second kappa shape index (κ2) is 2.68. The second-order valence-electron chi connectivity index (χ2n) is 1.91. The molecule has 1 unspecified atom stereocenters. The van der Waals surface area contributed by atoms with Crippen molar-refractivity contribution in [2.75, 3.05) is 6.73 Å². The number of nitrogens with two attached hydrogens (primary N) is 1. The third-order valence-electron chi connectivity index (χ3n) is 1.27. The van der Waals surface area contributed by atoms with Crippen LogP contribution in [-0.2, 0) is 0 Å². The zero-order chi connectivity index (χ0) is 7.56. The molecule has 0 saturated carbocycles. The molecule has 0 saturated heterocycles. The van der Waals surface area contributed by atoms with Crippen molar-refractivity contribution in [3.05, 3.63) is 12.3 Å². The van der Waals surface area contributed by atoms with Crippen LogP contribution in [0.15, 0.2) is 12.3 Å². The monoisotopic (exact) mass is 143 g/mol. The molecule has 0 bridgehead atoms.